The first-order valence-electron chi connectivity index (χ1n) is 13.4. The fourth-order valence-electron chi connectivity index (χ4n) is 4.24. The first kappa shape index (κ1) is 27.8. The maximum Gasteiger partial charge on any atom is 0.0342 e. The zero-order chi connectivity index (χ0) is 22.6. The van der Waals surface area contributed by atoms with Crippen molar-refractivity contribution in [3.05, 3.63) is 24.3 Å². The number of unbranched alkanes of at least 4 members (excludes halogenated alkanes) is 14. The molecule has 1 aromatic carbocycles. The number of nitrogens with two attached hydrogens (primary N) is 1. The van der Waals surface area contributed by atoms with E-state index >= 15 is 0 Å². The first-order chi connectivity index (χ1) is 15.0. The summed E-state index contributed by atoms with van der Waals surface area (Å²) in [6.45, 7) is 8.88. The second-order valence-corrected chi connectivity index (χ2v) is 10.1. The topological polar surface area (TPSA) is 50.1 Å². The minimum Gasteiger partial charge on any atom is -0.399 e. The minimum atomic E-state index is 0.222. The quantitative estimate of drug-likeness (QED) is 0.135. The van der Waals surface area contributed by atoms with Crippen molar-refractivity contribution in [3.63, 3.8) is 0 Å². The summed E-state index contributed by atoms with van der Waals surface area (Å²) in [6, 6.07) is 7.96. The SMILES string of the molecule is CCCCCCCCCCCCCCCCCC(C)(C)NCCNc1ccc(N)cc1. The van der Waals surface area contributed by atoms with Crippen molar-refractivity contribution in [2.24, 2.45) is 0 Å². The molecule has 4 N–H and O–H groups in total. The van der Waals surface area contributed by atoms with E-state index in [0.29, 0.717) is 0 Å². The van der Waals surface area contributed by atoms with Crippen LogP contribution in [0.25, 0.3) is 0 Å². The van der Waals surface area contributed by atoms with Gasteiger partial charge in [0.1, 0.15) is 0 Å². The van der Waals surface area contributed by atoms with Crippen LogP contribution in [0.2, 0.25) is 0 Å². The molecule has 0 spiro atoms. The van der Waals surface area contributed by atoms with E-state index in [9.17, 15) is 0 Å². The minimum absolute atomic E-state index is 0.222. The molecule has 31 heavy (non-hydrogen) atoms. The van der Waals surface area contributed by atoms with Gasteiger partial charge in [-0.05, 0) is 44.5 Å². The fourth-order valence-corrected chi connectivity index (χ4v) is 4.24. The van der Waals surface area contributed by atoms with Crippen LogP contribution in [-0.2, 0) is 0 Å². The molecule has 0 amide bonds. The van der Waals surface area contributed by atoms with E-state index < -0.39 is 0 Å². The van der Waals surface area contributed by atoms with Crippen molar-refractivity contribution < 1.29 is 0 Å². The van der Waals surface area contributed by atoms with Crippen LogP contribution in [0.3, 0.4) is 0 Å². The van der Waals surface area contributed by atoms with Gasteiger partial charge in [0.05, 0.1) is 0 Å². The second kappa shape index (κ2) is 18.4. The van der Waals surface area contributed by atoms with Crippen molar-refractivity contribution in [2.75, 3.05) is 24.1 Å². The Kier molecular flexibility index (Phi) is 16.5. The molecule has 0 unspecified atom stereocenters. The summed E-state index contributed by atoms with van der Waals surface area (Å²) in [4.78, 5) is 0. The number of hydrogen-bond donors (Lipinski definition) is 3. The van der Waals surface area contributed by atoms with E-state index in [1.807, 2.05) is 24.3 Å². The average molecular weight is 432 g/mol. The van der Waals surface area contributed by atoms with Gasteiger partial charge in [0.15, 0.2) is 0 Å². The third kappa shape index (κ3) is 17.1. The zero-order valence-electron chi connectivity index (χ0n) is 21.1. The fraction of sp³-hybridized carbons (Fsp3) is 0.786. The van der Waals surface area contributed by atoms with E-state index in [4.69, 9.17) is 5.73 Å². The summed E-state index contributed by atoms with van der Waals surface area (Å²) in [5.74, 6) is 0. The van der Waals surface area contributed by atoms with Crippen LogP contribution in [0.1, 0.15) is 124 Å². The summed E-state index contributed by atoms with van der Waals surface area (Å²) < 4.78 is 0. The van der Waals surface area contributed by atoms with E-state index in [1.165, 1.54) is 103 Å². The third-order valence-electron chi connectivity index (χ3n) is 6.37. The van der Waals surface area contributed by atoms with Crippen LogP contribution < -0.4 is 16.4 Å². The molecular formula is C28H53N3. The van der Waals surface area contributed by atoms with Crippen LogP contribution in [0.15, 0.2) is 24.3 Å². The Morgan fingerprint density at radius 3 is 1.58 bits per heavy atom. The summed E-state index contributed by atoms with van der Waals surface area (Å²) in [5, 5.41) is 7.15. The van der Waals surface area contributed by atoms with Crippen molar-refractivity contribution >= 4 is 11.4 Å². The van der Waals surface area contributed by atoms with Gasteiger partial charge in [0.25, 0.3) is 0 Å². The highest BCUT2D eigenvalue weighted by atomic mass is 15.0. The largest absolute Gasteiger partial charge is 0.399 e. The molecule has 0 heterocycles. The maximum atomic E-state index is 5.73. The second-order valence-electron chi connectivity index (χ2n) is 10.1. The van der Waals surface area contributed by atoms with Crippen LogP contribution in [0.5, 0.6) is 0 Å². The molecule has 0 atom stereocenters. The van der Waals surface area contributed by atoms with Crippen molar-refractivity contribution in [3.8, 4) is 0 Å². The van der Waals surface area contributed by atoms with Crippen LogP contribution in [0, 0.1) is 0 Å². The molecule has 3 heteroatoms. The highest BCUT2D eigenvalue weighted by Gasteiger charge is 2.15. The number of benzene rings is 1. The lowest BCUT2D eigenvalue weighted by atomic mass is 9.96. The van der Waals surface area contributed by atoms with Crippen molar-refractivity contribution in [2.45, 2.75) is 129 Å². The van der Waals surface area contributed by atoms with Gasteiger partial charge in [-0.3, -0.25) is 0 Å². The Labute approximate surface area is 194 Å². The summed E-state index contributed by atoms with van der Waals surface area (Å²) in [7, 11) is 0. The summed E-state index contributed by atoms with van der Waals surface area (Å²) >= 11 is 0. The lowest BCUT2D eigenvalue weighted by molar-refractivity contribution is 0.352. The Morgan fingerprint density at radius 1 is 0.645 bits per heavy atom. The van der Waals surface area contributed by atoms with E-state index in [-0.39, 0.29) is 5.54 Å². The van der Waals surface area contributed by atoms with Gasteiger partial charge in [0.2, 0.25) is 0 Å². The Morgan fingerprint density at radius 2 is 1.10 bits per heavy atom. The molecule has 0 fully saturated rings. The number of nitrogens with one attached hydrogen (secondary N) is 2. The first-order valence-corrected chi connectivity index (χ1v) is 13.4. The molecule has 3 nitrogen and oxygen atoms in total. The molecule has 180 valence electrons. The molecule has 0 saturated carbocycles. The Bertz CT molecular complexity index is 509. The summed E-state index contributed by atoms with van der Waals surface area (Å²) in [5.41, 5.74) is 7.90. The Hall–Kier alpha value is -1.22. The molecule has 0 aliphatic carbocycles. The zero-order valence-corrected chi connectivity index (χ0v) is 21.1. The number of anilines is 2. The van der Waals surface area contributed by atoms with Crippen molar-refractivity contribution in [1.29, 1.82) is 0 Å². The lowest BCUT2D eigenvalue weighted by Gasteiger charge is -2.26. The molecule has 0 saturated heterocycles. The molecule has 1 rings (SSSR count). The van der Waals surface area contributed by atoms with Crippen LogP contribution in [-0.4, -0.2) is 18.6 Å². The number of rotatable bonds is 21. The lowest BCUT2D eigenvalue weighted by Crippen LogP contribution is -2.41. The molecule has 0 radical (unpaired) electrons. The predicted octanol–water partition coefficient (Wildman–Crippen LogP) is 8.31. The molecule has 0 aliphatic rings. The highest BCUT2D eigenvalue weighted by molar-refractivity contribution is 5.51. The van der Waals surface area contributed by atoms with E-state index in [0.717, 1.165) is 24.5 Å². The van der Waals surface area contributed by atoms with Gasteiger partial charge in [0, 0.05) is 30.0 Å². The monoisotopic (exact) mass is 431 g/mol. The van der Waals surface area contributed by atoms with Gasteiger partial charge in [-0.15, -0.1) is 0 Å². The molecular weight excluding hydrogens is 378 g/mol. The summed E-state index contributed by atoms with van der Waals surface area (Å²) in [6.07, 6.45) is 22.7. The van der Waals surface area contributed by atoms with Crippen LogP contribution in [0.4, 0.5) is 11.4 Å². The number of hydrogen-bond acceptors (Lipinski definition) is 3. The van der Waals surface area contributed by atoms with Crippen molar-refractivity contribution in [1.82, 2.24) is 5.32 Å². The predicted molar refractivity (Wildman–Crippen MR) is 141 cm³/mol. The standard InChI is InChI=1S/C28H53N3/c1-4-5-6-7-8-9-10-11-12-13-14-15-16-17-18-23-28(2,3)31-25-24-30-27-21-19-26(29)20-22-27/h19-22,30-31H,4-18,23-25,29H2,1-3H3. The van der Waals surface area contributed by atoms with Gasteiger partial charge < -0.3 is 16.4 Å². The normalized spacial score (nSPS) is 11.7. The van der Waals surface area contributed by atoms with Crippen LogP contribution >= 0.6 is 0 Å². The van der Waals surface area contributed by atoms with Gasteiger partial charge in [-0.2, -0.15) is 0 Å². The smallest absolute Gasteiger partial charge is 0.0342 e. The maximum absolute atomic E-state index is 5.73. The molecule has 1 aromatic rings. The average Bonchev–Trinajstić information content (AvgIpc) is 2.75. The number of nitrogen functional groups attached to an aromatic ring is 1. The van der Waals surface area contributed by atoms with E-state index in [2.05, 4.69) is 31.4 Å². The highest BCUT2D eigenvalue weighted by Crippen LogP contribution is 2.17. The van der Waals surface area contributed by atoms with Gasteiger partial charge in [-0.1, -0.05) is 103 Å². The third-order valence-corrected chi connectivity index (χ3v) is 6.37. The van der Waals surface area contributed by atoms with Gasteiger partial charge in [-0.25, -0.2) is 0 Å². The van der Waals surface area contributed by atoms with E-state index in [1.54, 1.807) is 0 Å². The molecule has 0 bridgehead atoms. The molecule has 0 aromatic heterocycles. The van der Waals surface area contributed by atoms with Gasteiger partial charge >= 0.3 is 0 Å². The Balaban J connectivity index is 1.85. The molecule has 0 aliphatic heterocycles.